The number of aliphatic hydroxyl groups is 3. The molecule has 2 aliphatic carbocycles. The molecule has 0 saturated heterocycles. The van der Waals surface area contributed by atoms with Gasteiger partial charge in [-0.25, -0.2) is 4.39 Å². The van der Waals surface area contributed by atoms with Gasteiger partial charge < -0.3 is 20.6 Å². The van der Waals surface area contributed by atoms with Crippen molar-refractivity contribution in [1.82, 2.24) is 5.32 Å². The lowest BCUT2D eigenvalue weighted by molar-refractivity contribution is -0.185. The summed E-state index contributed by atoms with van der Waals surface area (Å²) < 4.78 is 13.0. The summed E-state index contributed by atoms with van der Waals surface area (Å²) in [5.74, 6) is -0.636. The maximum absolute atomic E-state index is 13.0. The van der Waals surface area contributed by atoms with Crippen LogP contribution in [-0.4, -0.2) is 40.0 Å². The van der Waals surface area contributed by atoms with Crippen LogP contribution in [0.2, 0.25) is 0 Å². The van der Waals surface area contributed by atoms with Crippen LogP contribution in [0.4, 0.5) is 4.39 Å². The first-order valence-corrected chi connectivity index (χ1v) is 10.2. The Labute approximate surface area is 166 Å². The van der Waals surface area contributed by atoms with Gasteiger partial charge in [-0.1, -0.05) is 26.0 Å². The van der Waals surface area contributed by atoms with E-state index in [-0.39, 0.29) is 42.0 Å². The Bertz CT molecular complexity index is 696. The van der Waals surface area contributed by atoms with Gasteiger partial charge in [0, 0.05) is 18.4 Å². The van der Waals surface area contributed by atoms with Crippen LogP contribution in [0.15, 0.2) is 24.3 Å². The molecule has 0 unspecified atom stereocenters. The fourth-order valence-electron chi connectivity index (χ4n) is 5.68. The lowest BCUT2D eigenvalue weighted by atomic mass is 9.46. The second kappa shape index (κ2) is 8.09. The van der Waals surface area contributed by atoms with Gasteiger partial charge >= 0.3 is 0 Å². The van der Waals surface area contributed by atoms with Crippen molar-refractivity contribution in [2.75, 3.05) is 6.61 Å². The third-order valence-corrected chi connectivity index (χ3v) is 7.52. The standard InChI is InChI=1S/C22H32FNO4/c1-21-10-9-19(27)22(2,13-25)18(21)8-7-17(26)16(21)11-20(28)24-12-14-3-5-15(23)6-4-14/h3-6,16-19,25-27H,7-13H2,1-2H3,(H,24,28)/t16-,17-,18-,19-,21+,22+/m1/s1. The predicted molar refractivity (Wildman–Crippen MR) is 104 cm³/mol. The number of amides is 1. The fourth-order valence-corrected chi connectivity index (χ4v) is 5.68. The van der Waals surface area contributed by atoms with E-state index in [0.717, 1.165) is 18.4 Å². The van der Waals surface area contributed by atoms with Gasteiger partial charge in [0.2, 0.25) is 5.91 Å². The van der Waals surface area contributed by atoms with Crippen LogP contribution in [-0.2, 0) is 11.3 Å². The number of rotatable bonds is 5. The highest BCUT2D eigenvalue weighted by molar-refractivity contribution is 5.76. The fraction of sp³-hybridized carbons (Fsp3) is 0.682. The number of carbonyl (C=O) groups is 1. The van der Waals surface area contributed by atoms with E-state index in [2.05, 4.69) is 12.2 Å². The van der Waals surface area contributed by atoms with E-state index in [1.54, 1.807) is 12.1 Å². The van der Waals surface area contributed by atoms with E-state index in [4.69, 9.17) is 0 Å². The van der Waals surface area contributed by atoms with Crippen molar-refractivity contribution >= 4 is 5.91 Å². The summed E-state index contributed by atoms with van der Waals surface area (Å²) in [6.07, 6.45) is 1.64. The maximum atomic E-state index is 13.0. The van der Waals surface area contributed by atoms with Gasteiger partial charge in [-0.05, 0) is 60.6 Å². The topological polar surface area (TPSA) is 89.8 Å². The molecule has 0 aliphatic heterocycles. The summed E-state index contributed by atoms with van der Waals surface area (Å²) in [4.78, 5) is 12.6. The van der Waals surface area contributed by atoms with Gasteiger partial charge in [0.25, 0.3) is 0 Å². The average Bonchev–Trinajstić information content (AvgIpc) is 2.67. The van der Waals surface area contributed by atoms with E-state index in [9.17, 15) is 24.5 Å². The minimum atomic E-state index is -0.615. The molecule has 28 heavy (non-hydrogen) atoms. The number of nitrogens with one attached hydrogen (secondary N) is 1. The molecule has 2 aliphatic rings. The van der Waals surface area contributed by atoms with Crippen LogP contribution in [0.25, 0.3) is 0 Å². The Balaban J connectivity index is 1.71. The summed E-state index contributed by atoms with van der Waals surface area (Å²) in [5.41, 5.74) is -0.117. The molecule has 6 heteroatoms. The Morgan fingerprint density at radius 1 is 1.18 bits per heavy atom. The van der Waals surface area contributed by atoms with E-state index >= 15 is 0 Å². The molecule has 0 spiro atoms. The van der Waals surface area contributed by atoms with Crippen LogP contribution in [0.5, 0.6) is 0 Å². The molecule has 1 aromatic rings. The summed E-state index contributed by atoms with van der Waals surface area (Å²) in [5, 5.41) is 34.1. The Morgan fingerprint density at radius 2 is 1.86 bits per heavy atom. The minimum Gasteiger partial charge on any atom is -0.396 e. The molecule has 0 heterocycles. The summed E-state index contributed by atoms with van der Waals surface area (Å²) in [6, 6.07) is 6.00. The van der Waals surface area contributed by atoms with Gasteiger partial charge in [0.1, 0.15) is 5.82 Å². The number of halogens is 1. The van der Waals surface area contributed by atoms with Crippen molar-refractivity contribution in [3.05, 3.63) is 35.6 Å². The summed E-state index contributed by atoms with van der Waals surface area (Å²) in [7, 11) is 0. The number of carbonyl (C=O) groups excluding carboxylic acids is 1. The first kappa shape index (κ1) is 21.2. The molecule has 156 valence electrons. The lowest BCUT2D eigenvalue weighted by Gasteiger charge is -2.60. The Kier molecular flexibility index (Phi) is 6.13. The SMILES string of the molecule is C[C@]1(CO)[C@@H]2CC[C@@H](O)[C@@H](CC(=O)NCc3ccc(F)cc3)[C@]2(C)CC[C@H]1O. The molecular weight excluding hydrogens is 361 g/mol. The van der Waals surface area contributed by atoms with E-state index in [1.165, 1.54) is 12.1 Å². The van der Waals surface area contributed by atoms with Crippen LogP contribution >= 0.6 is 0 Å². The number of hydrogen-bond donors (Lipinski definition) is 4. The zero-order chi connectivity index (χ0) is 20.5. The lowest BCUT2D eigenvalue weighted by Crippen LogP contribution is -2.60. The maximum Gasteiger partial charge on any atom is 0.220 e. The first-order chi connectivity index (χ1) is 13.2. The van der Waals surface area contributed by atoms with Gasteiger partial charge in [0.15, 0.2) is 0 Å². The van der Waals surface area contributed by atoms with Crippen molar-refractivity contribution in [1.29, 1.82) is 0 Å². The Morgan fingerprint density at radius 3 is 2.50 bits per heavy atom. The minimum absolute atomic E-state index is 0.0482. The second-order valence-corrected chi connectivity index (χ2v) is 9.14. The summed E-state index contributed by atoms with van der Waals surface area (Å²) in [6.45, 7) is 4.23. The molecule has 2 saturated carbocycles. The van der Waals surface area contributed by atoms with Crippen molar-refractivity contribution in [2.24, 2.45) is 22.7 Å². The number of hydrogen-bond acceptors (Lipinski definition) is 4. The first-order valence-electron chi connectivity index (χ1n) is 10.2. The largest absolute Gasteiger partial charge is 0.396 e. The quantitative estimate of drug-likeness (QED) is 0.618. The predicted octanol–water partition coefficient (Wildman–Crippen LogP) is 2.38. The third-order valence-electron chi connectivity index (χ3n) is 7.52. The highest BCUT2D eigenvalue weighted by Crippen LogP contribution is 2.60. The molecule has 1 amide bonds. The molecule has 5 nitrogen and oxygen atoms in total. The third kappa shape index (κ3) is 3.82. The molecule has 6 atom stereocenters. The molecule has 4 N–H and O–H groups in total. The van der Waals surface area contributed by atoms with Crippen molar-refractivity contribution in [3.63, 3.8) is 0 Å². The molecule has 0 radical (unpaired) electrons. The number of aliphatic hydroxyl groups excluding tert-OH is 3. The molecular formula is C22H32FNO4. The smallest absolute Gasteiger partial charge is 0.220 e. The highest BCUT2D eigenvalue weighted by Gasteiger charge is 2.58. The van der Waals surface area contributed by atoms with E-state index in [0.29, 0.717) is 19.4 Å². The van der Waals surface area contributed by atoms with Crippen LogP contribution in [0.3, 0.4) is 0 Å². The van der Waals surface area contributed by atoms with Crippen molar-refractivity contribution in [2.45, 2.75) is 64.7 Å². The highest BCUT2D eigenvalue weighted by atomic mass is 19.1. The van der Waals surface area contributed by atoms with Crippen LogP contribution in [0.1, 0.15) is 51.5 Å². The zero-order valence-corrected chi connectivity index (χ0v) is 16.7. The van der Waals surface area contributed by atoms with Gasteiger partial charge in [-0.2, -0.15) is 0 Å². The zero-order valence-electron chi connectivity index (χ0n) is 16.7. The number of fused-ring (bicyclic) bond motifs is 1. The van der Waals surface area contributed by atoms with Crippen molar-refractivity contribution < 1.29 is 24.5 Å². The van der Waals surface area contributed by atoms with Crippen LogP contribution < -0.4 is 5.32 Å². The molecule has 1 aromatic carbocycles. The molecule has 0 bridgehead atoms. The van der Waals surface area contributed by atoms with E-state index < -0.39 is 17.6 Å². The Hall–Kier alpha value is -1.50. The molecule has 2 fully saturated rings. The van der Waals surface area contributed by atoms with Gasteiger partial charge in [-0.15, -0.1) is 0 Å². The van der Waals surface area contributed by atoms with Gasteiger partial charge in [0.05, 0.1) is 18.8 Å². The monoisotopic (exact) mass is 393 g/mol. The summed E-state index contributed by atoms with van der Waals surface area (Å²) >= 11 is 0. The normalized spacial score (nSPS) is 37.9. The van der Waals surface area contributed by atoms with Crippen molar-refractivity contribution in [3.8, 4) is 0 Å². The average molecular weight is 393 g/mol. The van der Waals surface area contributed by atoms with E-state index in [1.807, 2.05) is 6.92 Å². The van der Waals surface area contributed by atoms with Crippen LogP contribution in [0, 0.1) is 28.5 Å². The van der Waals surface area contributed by atoms with Gasteiger partial charge in [-0.3, -0.25) is 4.79 Å². The second-order valence-electron chi connectivity index (χ2n) is 9.14. The number of benzene rings is 1. The molecule has 0 aromatic heterocycles. The molecule has 3 rings (SSSR count).